The van der Waals surface area contributed by atoms with Gasteiger partial charge in [-0.3, -0.25) is 0 Å². The van der Waals surface area contributed by atoms with Gasteiger partial charge in [-0.25, -0.2) is 13.1 Å². The average molecular weight is 416 g/mol. The topological polar surface area (TPSA) is 67.4 Å². The van der Waals surface area contributed by atoms with E-state index in [0.717, 1.165) is 17.7 Å². The molecule has 2 aromatic rings. The number of sulfonamides is 1. The van der Waals surface area contributed by atoms with Crippen molar-refractivity contribution in [2.45, 2.75) is 43.6 Å². The molecule has 0 aliphatic rings. The van der Waals surface area contributed by atoms with Crippen molar-refractivity contribution in [2.24, 2.45) is 0 Å². The van der Waals surface area contributed by atoms with Crippen molar-refractivity contribution < 1.29 is 26.3 Å². The number of rotatable bonds is 8. The number of benzene rings is 2. The molecule has 0 amide bonds. The van der Waals surface area contributed by atoms with Crippen molar-refractivity contribution in [1.82, 2.24) is 10.0 Å². The molecule has 2 N–H and O–H groups in total. The standard InChI is InChI=1S/C19H23F3N2O3S/c1-14(15-9-5-4-6-10-15)24-18(2,3)13-23-28(25,26)17-12-8-7-11-16(17)27-19(20,21)22/h4-12,14,23-24H,13H2,1-3H3. The zero-order chi connectivity index (χ0) is 21.0. The third kappa shape index (κ3) is 6.50. The first kappa shape index (κ1) is 22.2. The monoisotopic (exact) mass is 416 g/mol. The predicted molar refractivity (Wildman–Crippen MR) is 100 cm³/mol. The molecule has 0 saturated carbocycles. The van der Waals surface area contributed by atoms with Crippen LogP contribution in [0, 0.1) is 0 Å². The lowest BCUT2D eigenvalue weighted by molar-refractivity contribution is -0.275. The van der Waals surface area contributed by atoms with Crippen LogP contribution in [0.1, 0.15) is 32.4 Å². The predicted octanol–water partition coefficient (Wildman–Crippen LogP) is 3.99. The van der Waals surface area contributed by atoms with Crippen molar-refractivity contribution in [2.75, 3.05) is 6.54 Å². The molecule has 1 atom stereocenters. The van der Waals surface area contributed by atoms with E-state index in [1.165, 1.54) is 12.1 Å². The third-order valence-electron chi connectivity index (χ3n) is 3.98. The molecule has 0 aliphatic heterocycles. The first-order chi connectivity index (χ1) is 12.9. The van der Waals surface area contributed by atoms with Crippen LogP contribution in [0.4, 0.5) is 13.2 Å². The maximum atomic E-state index is 12.6. The Morgan fingerprint density at radius 2 is 1.57 bits per heavy atom. The van der Waals surface area contributed by atoms with Gasteiger partial charge in [0.1, 0.15) is 10.6 Å². The Morgan fingerprint density at radius 1 is 1.00 bits per heavy atom. The van der Waals surface area contributed by atoms with Crippen LogP contribution in [-0.2, 0) is 10.0 Å². The lowest BCUT2D eigenvalue weighted by Gasteiger charge is -2.31. The van der Waals surface area contributed by atoms with Gasteiger partial charge in [0.25, 0.3) is 0 Å². The molecule has 2 rings (SSSR count). The number of hydrogen-bond acceptors (Lipinski definition) is 4. The van der Waals surface area contributed by atoms with Crippen molar-refractivity contribution >= 4 is 10.0 Å². The summed E-state index contributed by atoms with van der Waals surface area (Å²) in [5, 5.41) is 3.31. The molecule has 0 radical (unpaired) electrons. The normalized spacial score (nSPS) is 13.9. The molecule has 0 aliphatic carbocycles. The van der Waals surface area contributed by atoms with E-state index in [1.54, 1.807) is 13.8 Å². The van der Waals surface area contributed by atoms with Crippen LogP contribution in [0.3, 0.4) is 0 Å². The fourth-order valence-electron chi connectivity index (χ4n) is 2.70. The van der Waals surface area contributed by atoms with Gasteiger partial charge in [-0.2, -0.15) is 0 Å². The van der Waals surface area contributed by atoms with Crippen LogP contribution in [0.2, 0.25) is 0 Å². The molecular formula is C19H23F3N2O3S. The summed E-state index contributed by atoms with van der Waals surface area (Å²) in [5.41, 5.74) is 0.365. The lowest BCUT2D eigenvalue weighted by Crippen LogP contribution is -2.49. The fourth-order valence-corrected chi connectivity index (χ4v) is 4.04. The molecule has 0 bridgehead atoms. The molecule has 0 heterocycles. The summed E-state index contributed by atoms with van der Waals surface area (Å²) in [6, 6.07) is 14.2. The van der Waals surface area contributed by atoms with Crippen LogP contribution in [-0.4, -0.2) is 26.9 Å². The van der Waals surface area contributed by atoms with E-state index in [-0.39, 0.29) is 12.6 Å². The fraction of sp³-hybridized carbons (Fsp3) is 0.368. The Morgan fingerprint density at radius 3 is 2.18 bits per heavy atom. The second kappa shape index (κ2) is 8.50. The number of hydrogen-bond donors (Lipinski definition) is 2. The zero-order valence-corrected chi connectivity index (χ0v) is 16.6. The van der Waals surface area contributed by atoms with E-state index >= 15 is 0 Å². The van der Waals surface area contributed by atoms with Gasteiger partial charge < -0.3 is 10.1 Å². The number of nitrogens with one attached hydrogen (secondary N) is 2. The summed E-state index contributed by atoms with van der Waals surface area (Å²) in [6.45, 7) is 5.51. The Kier molecular flexibility index (Phi) is 6.74. The third-order valence-corrected chi connectivity index (χ3v) is 5.42. The maximum Gasteiger partial charge on any atom is 0.573 e. The Balaban J connectivity index is 2.10. The van der Waals surface area contributed by atoms with E-state index in [1.807, 2.05) is 37.3 Å². The summed E-state index contributed by atoms with van der Waals surface area (Å²) in [5.74, 6) is -0.772. The second-order valence-electron chi connectivity index (χ2n) is 6.98. The second-order valence-corrected chi connectivity index (χ2v) is 8.72. The highest BCUT2D eigenvalue weighted by Crippen LogP contribution is 2.29. The summed E-state index contributed by atoms with van der Waals surface area (Å²) in [6.07, 6.45) is -4.99. The van der Waals surface area contributed by atoms with Crippen LogP contribution in [0.5, 0.6) is 5.75 Å². The number of halogens is 3. The lowest BCUT2D eigenvalue weighted by atomic mass is 10.0. The van der Waals surface area contributed by atoms with Gasteiger partial charge in [0.2, 0.25) is 10.0 Å². The first-order valence-electron chi connectivity index (χ1n) is 8.57. The molecule has 9 heteroatoms. The van der Waals surface area contributed by atoms with Crippen molar-refractivity contribution in [3.8, 4) is 5.75 Å². The highest BCUT2D eigenvalue weighted by molar-refractivity contribution is 7.89. The molecule has 0 spiro atoms. The van der Waals surface area contributed by atoms with Crippen LogP contribution in [0.15, 0.2) is 59.5 Å². The van der Waals surface area contributed by atoms with Gasteiger partial charge in [-0.05, 0) is 38.5 Å². The number of ether oxygens (including phenoxy) is 1. The molecule has 0 saturated heterocycles. The smallest absolute Gasteiger partial charge is 0.404 e. The summed E-state index contributed by atoms with van der Waals surface area (Å²) < 4.78 is 68.9. The van der Waals surface area contributed by atoms with Crippen molar-refractivity contribution in [3.05, 3.63) is 60.2 Å². The highest BCUT2D eigenvalue weighted by atomic mass is 32.2. The van der Waals surface area contributed by atoms with Gasteiger partial charge >= 0.3 is 6.36 Å². The van der Waals surface area contributed by atoms with Gasteiger partial charge in [0, 0.05) is 18.1 Å². The minimum atomic E-state index is -4.99. The van der Waals surface area contributed by atoms with Crippen LogP contribution in [0.25, 0.3) is 0 Å². The number of para-hydroxylation sites is 1. The van der Waals surface area contributed by atoms with Crippen LogP contribution < -0.4 is 14.8 Å². The highest BCUT2D eigenvalue weighted by Gasteiger charge is 2.34. The molecule has 154 valence electrons. The SMILES string of the molecule is CC(NC(C)(C)CNS(=O)(=O)c1ccccc1OC(F)(F)F)c1ccccc1. The summed E-state index contributed by atoms with van der Waals surface area (Å²) >= 11 is 0. The zero-order valence-electron chi connectivity index (χ0n) is 15.7. The molecule has 0 fully saturated rings. The van der Waals surface area contributed by atoms with Crippen LogP contribution >= 0.6 is 0 Å². The van der Waals surface area contributed by atoms with Gasteiger partial charge in [-0.1, -0.05) is 42.5 Å². The quantitative estimate of drug-likeness (QED) is 0.683. The van der Waals surface area contributed by atoms with E-state index in [4.69, 9.17) is 0 Å². The van der Waals surface area contributed by atoms with Gasteiger partial charge in [0.05, 0.1) is 0 Å². The molecule has 2 aromatic carbocycles. The number of alkyl halides is 3. The van der Waals surface area contributed by atoms with Gasteiger partial charge in [-0.15, -0.1) is 13.2 Å². The Labute approximate surface area is 163 Å². The largest absolute Gasteiger partial charge is 0.573 e. The van der Waals surface area contributed by atoms with E-state index < -0.39 is 32.6 Å². The van der Waals surface area contributed by atoms with E-state index in [0.29, 0.717) is 0 Å². The van der Waals surface area contributed by atoms with Gasteiger partial charge in [0.15, 0.2) is 0 Å². The average Bonchev–Trinajstić information content (AvgIpc) is 2.60. The molecule has 0 aromatic heterocycles. The van der Waals surface area contributed by atoms with Crippen molar-refractivity contribution in [3.63, 3.8) is 0 Å². The van der Waals surface area contributed by atoms with E-state index in [2.05, 4.69) is 14.8 Å². The summed E-state index contributed by atoms with van der Waals surface area (Å²) in [4.78, 5) is -0.570. The molecule has 5 nitrogen and oxygen atoms in total. The first-order valence-corrected chi connectivity index (χ1v) is 10.0. The summed E-state index contributed by atoms with van der Waals surface area (Å²) in [7, 11) is -4.21. The molecule has 1 unspecified atom stereocenters. The van der Waals surface area contributed by atoms with Crippen molar-refractivity contribution in [1.29, 1.82) is 0 Å². The minimum Gasteiger partial charge on any atom is -0.404 e. The Bertz CT molecular complexity index is 885. The Hall–Kier alpha value is -2.10. The molecular weight excluding hydrogens is 393 g/mol. The maximum absolute atomic E-state index is 12.6. The van der Waals surface area contributed by atoms with E-state index in [9.17, 15) is 21.6 Å². The minimum absolute atomic E-state index is 0.0349. The molecule has 28 heavy (non-hydrogen) atoms.